The topological polar surface area (TPSA) is 100 Å². The molecule has 0 amide bonds. The minimum absolute atomic E-state index is 0.0222. The molecule has 1 aliphatic rings. The highest BCUT2D eigenvalue weighted by Gasteiger charge is 2.24. The molecule has 35 heavy (non-hydrogen) atoms. The molecule has 0 saturated carbocycles. The number of nitro groups is 1. The van der Waals surface area contributed by atoms with Gasteiger partial charge in [0.1, 0.15) is 6.61 Å². The Balaban J connectivity index is 1.57. The average Bonchev–Trinajstić information content (AvgIpc) is 3.19. The van der Waals surface area contributed by atoms with Crippen LogP contribution in [0.15, 0.2) is 71.4 Å². The van der Waals surface area contributed by atoms with Crippen LogP contribution in [-0.2, 0) is 16.1 Å². The van der Waals surface area contributed by atoms with E-state index in [2.05, 4.69) is 50.2 Å². The molecule has 0 spiro atoms. The van der Waals surface area contributed by atoms with Crippen molar-refractivity contribution in [2.45, 2.75) is 13.5 Å². The van der Waals surface area contributed by atoms with Crippen molar-refractivity contribution in [2.75, 3.05) is 6.61 Å². The van der Waals surface area contributed by atoms with Gasteiger partial charge in [0, 0.05) is 21.3 Å². The lowest BCUT2D eigenvalue weighted by atomic mass is 10.1. The SMILES string of the molecule is CCOc1cc(/C=C2\N=C(c3ccc(I)cc3)OC2=O)cc(I)c1OCc1ccc([N+](=O)[O-])cc1. The summed E-state index contributed by atoms with van der Waals surface area (Å²) in [6, 6.07) is 17.3. The summed E-state index contributed by atoms with van der Waals surface area (Å²) in [5, 5.41) is 10.8. The Morgan fingerprint density at radius 3 is 2.43 bits per heavy atom. The van der Waals surface area contributed by atoms with Crippen molar-refractivity contribution in [1.29, 1.82) is 0 Å². The Bertz CT molecular complexity index is 1340. The summed E-state index contributed by atoms with van der Waals surface area (Å²) >= 11 is 4.34. The first-order valence-corrected chi connectivity index (χ1v) is 12.6. The molecule has 0 atom stereocenters. The third-order valence-corrected chi connectivity index (χ3v) is 6.40. The Hall–Kier alpha value is -3.00. The maximum atomic E-state index is 12.4. The first-order valence-electron chi connectivity index (χ1n) is 10.4. The van der Waals surface area contributed by atoms with Crippen LogP contribution in [0.5, 0.6) is 11.5 Å². The summed E-state index contributed by atoms with van der Waals surface area (Å²) in [5.74, 6) is 0.803. The Labute approximate surface area is 228 Å². The molecule has 1 heterocycles. The predicted octanol–water partition coefficient (Wildman–Crippen LogP) is 6.13. The molecular weight excluding hydrogens is 678 g/mol. The average molecular weight is 696 g/mol. The highest BCUT2D eigenvalue weighted by molar-refractivity contribution is 14.1. The summed E-state index contributed by atoms with van der Waals surface area (Å²) in [4.78, 5) is 27.2. The van der Waals surface area contributed by atoms with Gasteiger partial charge in [0.25, 0.3) is 5.69 Å². The van der Waals surface area contributed by atoms with Gasteiger partial charge in [-0.25, -0.2) is 9.79 Å². The summed E-state index contributed by atoms with van der Waals surface area (Å²) in [6.07, 6.45) is 1.65. The number of ether oxygens (including phenoxy) is 3. The highest BCUT2D eigenvalue weighted by atomic mass is 127. The Morgan fingerprint density at radius 2 is 1.77 bits per heavy atom. The van der Waals surface area contributed by atoms with E-state index in [0.717, 1.165) is 18.3 Å². The van der Waals surface area contributed by atoms with Gasteiger partial charge in [0.2, 0.25) is 5.90 Å². The number of rotatable bonds is 8. The zero-order valence-corrected chi connectivity index (χ0v) is 22.7. The second-order valence-corrected chi connectivity index (χ2v) is 9.73. The molecule has 0 unspecified atom stereocenters. The summed E-state index contributed by atoms with van der Waals surface area (Å²) in [7, 11) is 0. The van der Waals surface area contributed by atoms with Gasteiger partial charge in [0.15, 0.2) is 17.2 Å². The van der Waals surface area contributed by atoms with Crippen LogP contribution in [0.25, 0.3) is 6.08 Å². The summed E-state index contributed by atoms with van der Waals surface area (Å²) in [5.41, 5.74) is 2.43. The van der Waals surface area contributed by atoms with Crippen molar-refractivity contribution in [3.8, 4) is 11.5 Å². The van der Waals surface area contributed by atoms with E-state index in [4.69, 9.17) is 14.2 Å². The van der Waals surface area contributed by atoms with Crippen LogP contribution >= 0.6 is 45.2 Å². The fourth-order valence-electron chi connectivity index (χ4n) is 3.23. The van der Waals surface area contributed by atoms with Gasteiger partial charge in [-0.05, 0) is 118 Å². The second kappa shape index (κ2) is 11.2. The number of carbonyl (C=O) groups excluding carboxylic acids is 1. The van der Waals surface area contributed by atoms with Gasteiger partial charge >= 0.3 is 5.97 Å². The fourth-order valence-corrected chi connectivity index (χ4v) is 4.37. The number of nitro benzene ring substituents is 1. The Morgan fingerprint density at radius 1 is 1.06 bits per heavy atom. The zero-order valence-electron chi connectivity index (χ0n) is 18.4. The van der Waals surface area contributed by atoms with E-state index in [9.17, 15) is 14.9 Å². The number of hydrogen-bond acceptors (Lipinski definition) is 7. The molecule has 0 N–H and O–H groups in total. The third-order valence-electron chi connectivity index (χ3n) is 4.88. The number of halogens is 2. The van der Waals surface area contributed by atoms with Gasteiger partial charge in [-0.15, -0.1) is 0 Å². The van der Waals surface area contributed by atoms with E-state index in [0.29, 0.717) is 23.7 Å². The largest absolute Gasteiger partial charge is 0.490 e. The van der Waals surface area contributed by atoms with Crippen molar-refractivity contribution >= 4 is 68.8 Å². The monoisotopic (exact) mass is 696 g/mol. The first kappa shape index (κ1) is 25.1. The van der Waals surface area contributed by atoms with Crippen LogP contribution in [0, 0.1) is 17.3 Å². The number of non-ortho nitro benzene ring substituents is 1. The third kappa shape index (κ3) is 6.17. The van der Waals surface area contributed by atoms with Crippen molar-refractivity contribution < 1.29 is 23.9 Å². The molecule has 10 heteroatoms. The van der Waals surface area contributed by atoms with Crippen molar-refractivity contribution in [1.82, 2.24) is 0 Å². The molecular formula is C25H18I2N2O6. The molecule has 0 aromatic heterocycles. The standard InChI is InChI=1S/C25H18I2N2O6/c1-2-33-22-13-16(12-21-25(30)35-24(28-21)17-5-7-18(26)8-6-17)11-20(27)23(22)34-14-15-3-9-19(10-4-15)29(31)32/h3-13H,2,14H2,1H3/b21-12-. The van der Waals surface area contributed by atoms with Gasteiger partial charge in [-0.1, -0.05) is 0 Å². The second-order valence-electron chi connectivity index (χ2n) is 7.32. The molecule has 0 radical (unpaired) electrons. The van der Waals surface area contributed by atoms with Crippen LogP contribution in [0.1, 0.15) is 23.6 Å². The minimum Gasteiger partial charge on any atom is -0.490 e. The maximum absolute atomic E-state index is 12.4. The van der Waals surface area contributed by atoms with Crippen LogP contribution in [0.3, 0.4) is 0 Å². The van der Waals surface area contributed by atoms with Gasteiger partial charge in [0.05, 0.1) is 15.1 Å². The molecule has 0 bridgehead atoms. The minimum atomic E-state index is -0.523. The maximum Gasteiger partial charge on any atom is 0.363 e. The number of benzene rings is 3. The van der Waals surface area contributed by atoms with Gasteiger partial charge in [-0.2, -0.15) is 0 Å². The molecule has 4 rings (SSSR count). The van der Waals surface area contributed by atoms with Crippen LogP contribution in [0.4, 0.5) is 5.69 Å². The lowest BCUT2D eigenvalue weighted by molar-refractivity contribution is -0.384. The van der Waals surface area contributed by atoms with E-state index in [1.54, 1.807) is 24.3 Å². The summed E-state index contributed by atoms with van der Waals surface area (Å²) in [6.45, 7) is 2.50. The van der Waals surface area contributed by atoms with Crippen LogP contribution in [-0.4, -0.2) is 23.4 Å². The van der Waals surface area contributed by atoms with Gasteiger partial charge < -0.3 is 14.2 Å². The van der Waals surface area contributed by atoms with Crippen molar-refractivity contribution in [3.63, 3.8) is 0 Å². The van der Waals surface area contributed by atoms with Gasteiger partial charge in [-0.3, -0.25) is 10.1 Å². The van der Waals surface area contributed by atoms with E-state index >= 15 is 0 Å². The lowest BCUT2D eigenvalue weighted by Gasteiger charge is -2.15. The molecule has 0 saturated heterocycles. The van der Waals surface area contributed by atoms with Crippen LogP contribution < -0.4 is 9.47 Å². The van der Waals surface area contributed by atoms with E-state index in [1.165, 1.54) is 12.1 Å². The van der Waals surface area contributed by atoms with E-state index in [1.807, 2.05) is 37.3 Å². The van der Waals surface area contributed by atoms with E-state index in [-0.39, 0.29) is 23.9 Å². The molecule has 1 aliphatic heterocycles. The Kier molecular flexibility index (Phi) is 8.00. The quantitative estimate of drug-likeness (QED) is 0.0925. The van der Waals surface area contributed by atoms with Crippen molar-refractivity contribution in [2.24, 2.45) is 4.99 Å². The predicted molar refractivity (Wildman–Crippen MR) is 148 cm³/mol. The lowest BCUT2D eigenvalue weighted by Crippen LogP contribution is -2.05. The number of carbonyl (C=O) groups is 1. The molecule has 0 fully saturated rings. The number of esters is 1. The fraction of sp³-hybridized carbons (Fsp3) is 0.120. The number of nitrogens with zero attached hydrogens (tertiary/aromatic N) is 2. The van der Waals surface area contributed by atoms with Crippen LogP contribution in [0.2, 0.25) is 0 Å². The normalized spacial score (nSPS) is 14.0. The smallest absolute Gasteiger partial charge is 0.363 e. The number of cyclic esters (lactones) is 1. The first-order chi connectivity index (χ1) is 16.8. The number of aliphatic imine (C=N–C) groups is 1. The molecule has 8 nitrogen and oxygen atoms in total. The van der Waals surface area contributed by atoms with E-state index < -0.39 is 10.9 Å². The molecule has 0 aliphatic carbocycles. The molecule has 3 aromatic rings. The number of hydrogen-bond donors (Lipinski definition) is 0. The molecule has 178 valence electrons. The zero-order chi connectivity index (χ0) is 24.9. The highest BCUT2D eigenvalue weighted by Crippen LogP contribution is 2.36. The molecule has 3 aromatic carbocycles. The van der Waals surface area contributed by atoms with Crippen molar-refractivity contribution in [3.05, 3.63) is 100 Å². The summed E-state index contributed by atoms with van der Waals surface area (Å²) < 4.78 is 19.0.